The average molecular weight is 518 g/mol. The van der Waals surface area contributed by atoms with Gasteiger partial charge in [0.05, 0.1) is 41.1 Å². The summed E-state index contributed by atoms with van der Waals surface area (Å²) in [6, 6.07) is 7.29. The predicted molar refractivity (Wildman–Crippen MR) is 136 cm³/mol. The molecule has 6 heterocycles. The fourth-order valence-electron chi connectivity index (χ4n) is 5.66. The van der Waals surface area contributed by atoms with Crippen LogP contribution in [0.5, 0.6) is 11.6 Å². The van der Waals surface area contributed by atoms with E-state index in [0.717, 1.165) is 37.4 Å². The number of fused-ring (bicyclic) bond motifs is 4. The molecule has 10 heteroatoms. The van der Waals surface area contributed by atoms with Crippen LogP contribution in [0.2, 0.25) is 0 Å². The van der Waals surface area contributed by atoms with Crippen LogP contribution in [0.4, 0.5) is 4.39 Å². The second kappa shape index (κ2) is 10.4. The Hall–Kier alpha value is -2.20. The molecule has 6 rings (SSSR count). The van der Waals surface area contributed by atoms with Crippen LogP contribution in [0.3, 0.4) is 0 Å². The molecule has 1 N–H and O–H groups in total. The maximum absolute atomic E-state index is 14.7. The smallest absolute Gasteiger partial charge is 0.213 e. The van der Waals surface area contributed by atoms with E-state index in [4.69, 9.17) is 9.47 Å². The van der Waals surface area contributed by atoms with Crippen molar-refractivity contribution in [2.45, 2.75) is 61.7 Å². The number of pyridine rings is 3. The summed E-state index contributed by atoms with van der Waals surface area (Å²) in [5, 5.41) is 3.74. The first kappa shape index (κ1) is 24.5. The third-order valence-corrected chi connectivity index (χ3v) is 8.21. The number of rotatable bonds is 7. The third-order valence-electron chi connectivity index (χ3n) is 7.34. The van der Waals surface area contributed by atoms with E-state index in [1.54, 1.807) is 24.9 Å². The monoisotopic (exact) mass is 517 g/mol. The van der Waals surface area contributed by atoms with Crippen LogP contribution in [-0.2, 0) is 13.0 Å². The summed E-state index contributed by atoms with van der Waals surface area (Å²) < 4.78 is 25.5. The first-order chi connectivity index (χ1) is 16.7. The van der Waals surface area contributed by atoms with Gasteiger partial charge in [0, 0.05) is 42.8 Å². The zero-order valence-electron chi connectivity index (χ0n) is 19.6. The van der Waals surface area contributed by atoms with Gasteiger partial charge < -0.3 is 14.8 Å². The number of halogens is 2. The van der Waals surface area contributed by atoms with Gasteiger partial charge in [0.25, 0.3) is 0 Å². The van der Waals surface area contributed by atoms with Gasteiger partial charge in [0.2, 0.25) is 5.88 Å². The summed E-state index contributed by atoms with van der Waals surface area (Å²) >= 11 is 1.72. The molecule has 0 spiro atoms. The van der Waals surface area contributed by atoms with E-state index in [9.17, 15) is 4.39 Å². The summed E-state index contributed by atoms with van der Waals surface area (Å²) in [5.41, 5.74) is 3.00. The van der Waals surface area contributed by atoms with Crippen molar-refractivity contribution in [3.05, 3.63) is 47.7 Å². The molecule has 2 saturated heterocycles. The number of nitrogens with zero attached hydrogens (tertiary/aromatic N) is 4. The van der Waals surface area contributed by atoms with Crippen molar-refractivity contribution in [1.29, 1.82) is 0 Å². The molecule has 35 heavy (non-hydrogen) atoms. The molecule has 3 aromatic rings. The molecule has 0 aliphatic carbocycles. The predicted octanol–water partition coefficient (Wildman–Crippen LogP) is 4.36. The third kappa shape index (κ3) is 4.91. The van der Waals surface area contributed by atoms with Crippen LogP contribution in [0.15, 0.2) is 35.5 Å². The molecule has 0 radical (unpaired) electrons. The van der Waals surface area contributed by atoms with Crippen LogP contribution in [0.25, 0.3) is 11.0 Å². The Bertz CT molecular complexity index is 1200. The van der Waals surface area contributed by atoms with Crippen molar-refractivity contribution >= 4 is 35.2 Å². The van der Waals surface area contributed by atoms with E-state index >= 15 is 0 Å². The van der Waals surface area contributed by atoms with Gasteiger partial charge in [0.1, 0.15) is 11.8 Å². The number of nitrogens with one attached hydrogen (secondary N) is 1. The molecule has 3 aliphatic heterocycles. The van der Waals surface area contributed by atoms with Crippen LogP contribution in [0.1, 0.15) is 36.9 Å². The number of ether oxygens (including phenoxy) is 2. The average Bonchev–Trinajstić information content (AvgIpc) is 3.42. The molecule has 7 nitrogen and oxygen atoms in total. The molecule has 3 aliphatic rings. The highest BCUT2D eigenvalue weighted by atomic mass is 35.5. The zero-order chi connectivity index (χ0) is 23.1. The molecule has 186 valence electrons. The molecule has 0 aromatic carbocycles. The number of hydrogen-bond acceptors (Lipinski definition) is 8. The highest BCUT2D eigenvalue weighted by Gasteiger charge is 2.40. The lowest BCUT2D eigenvalue weighted by Crippen LogP contribution is -2.49. The minimum Gasteiger partial charge on any atom is -0.481 e. The molecule has 3 aromatic heterocycles. The standard InChI is InChI=1S/C25H28FN5O2S.ClH/c1-32-24-5-4-21-25(30-24)19(20(26)12-29-21)6-7-31-17-2-3-18(31)9-15(8-17)27-11-16-10-23-22(13-28-16)33-14-34-23;/h4-5,10,12-13,15,17-18,27H,2-3,6-9,11,14H2,1H3;1H. The Morgan fingerprint density at radius 3 is 2.83 bits per heavy atom. The van der Waals surface area contributed by atoms with Crippen molar-refractivity contribution in [1.82, 2.24) is 25.2 Å². The van der Waals surface area contributed by atoms with Gasteiger partial charge in [-0.3, -0.25) is 14.9 Å². The lowest BCUT2D eigenvalue weighted by molar-refractivity contribution is 0.117. The van der Waals surface area contributed by atoms with Gasteiger partial charge in [-0.05, 0) is 44.2 Å². The van der Waals surface area contributed by atoms with Gasteiger partial charge in [-0.1, -0.05) is 11.8 Å². The SMILES string of the molecule is COc1ccc2ncc(F)c(CCN3C4CCC3CC(NCc3cc5c(cn3)OCS5)C4)c2n1.Cl. The maximum Gasteiger partial charge on any atom is 0.213 e. The van der Waals surface area contributed by atoms with E-state index in [2.05, 4.69) is 31.2 Å². The van der Waals surface area contributed by atoms with E-state index in [-0.39, 0.29) is 18.2 Å². The highest BCUT2D eigenvalue weighted by Crippen LogP contribution is 2.37. The van der Waals surface area contributed by atoms with Gasteiger partial charge in [0.15, 0.2) is 5.75 Å². The number of thioether (sulfide) groups is 1. The molecule has 2 atom stereocenters. The minimum atomic E-state index is -0.289. The summed E-state index contributed by atoms with van der Waals surface area (Å²) in [5.74, 6) is 1.77. The second-order valence-corrected chi connectivity index (χ2v) is 10.2. The summed E-state index contributed by atoms with van der Waals surface area (Å²) in [7, 11) is 1.57. The Kier molecular flexibility index (Phi) is 7.29. The fourth-order valence-corrected chi connectivity index (χ4v) is 6.45. The van der Waals surface area contributed by atoms with Gasteiger partial charge in [-0.15, -0.1) is 12.4 Å². The molecule has 2 fully saturated rings. The first-order valence-electron chi connectivity index (χ1n) is 11.9. The van der Waals surface area contributed by atoms with E-state index in [1.165, 1.54) is 23.9 Å². The normalized spacial score (nSPS) is 23.1. The molecule has 2 unspecified atom stereocenters. The fraction of sp³-hybridized carbons (Fsp3) is 0.480. The van der Waals surface area contributed by atoms with Crippen molar-refractivity contribution in [3.8, 4) is 11.6 Å². The van der Waals surface area contributed by atoms with Gasteiger partial charge in [-0.25, -0.2) is 9.37 Å². The maximum atomic E-state index is 14.7. The van der Waals surface area contributed by atoms with Gasteiger partial charge >= 0.3 is 0 Å². The summed E-state index contributed by atoms with van der Waals surface area (Å²) in [4.78, 5) is 17.0. The van der Waals surface area contributed by atoms with Gasteiger partial charge in [-0.2, -0.15) is 0 Å². The Morgan fingerprint density at radius 1 is 1.20 bits per heavy atom. The van der Waals surface area contributed by atoms with Crippen LogP contribution in [0, 0.1) is 5.82 Å². The quantitative estimate of drug-likeness (QED) is 0.495. The first-order valence-corrected chi connectivity index (χ1v) is 12.9. The number of piperidine rings is 1. The minimum absolute atomic E-state index is 0. The molecule has 2 bridgehead atoms. The Labute approximate surface area is 214 Å². The number of methoxy groups -OCH3 is 1. The summed E-state index contributed by atoms with van der Waals surface area (Å²) in [6.45, 7) is 1.61. The summed E-state index contributed by atoms with van der Waals surface area (Å²) in [6.07, 6.45) is 8.42. The molecular formula is C25H29ClFN5O2S. The van der Waals surface area contributed by atoms with Crippen molar-refractivity contribution in [2.75, 3.05) is 19.6 Å². The van der Waals surface area contributed by atoms with E-state index in [1.807, 2.05) is 12.3 Å². The Balaban J connectivity index is 0.00000253. The highest BCUT2D eigenvalue weighted by molar-refractivity contribution is 7.99. The van der Waals surface area contributed by atoms with Crippen molar-refractivity contribution < 1.29 is 13.9 Å². The zero-order valence-corrected chi connectivity index (χ0v) is 21.2. The number of aromatic nitrogens is 3. The van der Waals surface area contributed by atoms with E-state index in [0.29, 0.717) is 53.0 Å². The molecule has 0 saturated carbocycles. The van der Waals surface area contributed by atoms with E-state index < -0.39 is 0 Å². The van der Waals surface area contributed by atoms with Crippen molar-refractivity contribution in [3.63, 3.8) is 0 Å². The topological polar surface area (TPSA) is 72.4 Å². The largest absolute Gasteiger partial charge is 0.481 e. The Morgan fingerprint density at radius 2 is 2.03 bits per heavy atom. The number of hydrogen-bond donors (Lipinski definition) is 1. The van der Waals surface area contributed by atoms with Crippen LogP contribution in [-0.4, -0.2) is 57.6 Å². The van der Waals surface area contributed by atoms with Crippen LogP contribution >= 0.6 is 24.2 Å². The van der Waals surface area contributed by atoms with Crippen molar-refractivity contribution in [2.24, 2.45) is 0 Å². The second-order valence-electron chi connectivity index (χ2n) is 9.26. The lowest BCUT2D eigenvalue weighted by atomic mass is 9.96. The lowest BCUT2D eigenvalue weighted by Gasteiger charge is -2.39. The van der Waals surface area contributed by atoms with Crippen LogP contribution < -0.4 is 14.8 Å². The molecule has 0 amide bonds. The molecular weight excluding hydrogens is 489 g/mol.